The van der Waals surface area contributed by atoms with Crippen molar-refractivity contribution in [2.24, 2.45) is 7.05 Å². The molecule has 0 atom stereocenters. The standard InChI is InChI=1S/C24H26N8O/c1-16-10-19(12-22(27-16)32-8-6-30(2)7-9-32)23(33)29-24-25-13-18-5-4-17(11-21(18)28-24)20-14-26-31(3)15-20/h4-5,10-15H,6-9H2,1-3H3,(H,25,28,29,33). The number of nitrogens with one attached hydrogen (secondary N) is 1. The summed E-state index contributed by atoms with van der Waals surface area (Å²) in [6, 6.07) is 9.59. The Labute approximate surface area is 192 Å². The van der Waals surface area contributed by atoms with Crippen LogP contribution in [0.1, 0.15) is 16.1 Å². The topological polar surface area (TPSA) is 92.1 Å². The second-order valence-corrected chi connectivity index (χ2v) is 8.47. The molecule has 1 N–H and O–H groups in total. The van der Waals surface area contributed by atoms with E-state index in [1.165, 1.54) is 0 Å². The van der Waals surface area contributed by atoms with Crippen LogP contribution in [0.2, 0.25) is 0 Å². The summed E-state index contributed by atoms with van der Waals surface area (Å²) >= 11 is 0. The molecule has 168 valence electrons. The quantitative estimate of drug-likeness (QED) is 0.520. The first-order valence-electron chi connectivity index (χ1n) is 10.9. The Balaban J connectivity index is 1.38. The van der Waals surface area contributed by atoms with Crippen molar-refractivity contribution in [3.63, 3.8) is 0 Å². The molecule has 0 spiro atoms. The van der Waals surface area contributed by atoms with Gasteiger partial charge in [0, 0.05) is 67.8 Å². The Hall–Kier alpha value is -3.85. The zero-order valence-electron chi connectivity index (χ0n) is 19.0. The van der Waals surface area contributed by atoms with E-state index in [2.05, 4.69) is 42.2 Å². The van der Waals surface area contributed by atoms with Crippen molar-refractivity contribution < 1.29 is 4.79 Å². The summed E-state index contributed by atoms with van der Waals surface area (Å²) in [6.07, 6.45) is 5.49. The molecular formula is C24H26N8O. The average Bonchev–Trinajstić information content (AvgIpc) is 3.25. The molecule has 0 saturated carbocycles. The number of nitrogens with zero attached hydrogens (tertiary/aromatic N) is 7. The lowest BCUT2D eigenvalue weighted by atomic mass is 10.1. The van der Waals surface area contributed by atoms with Crippen molar-refractivity contribution in [3.05, 3.63) is 60.2 Å². The zero-order valence-corrected chi connectivity index (χ0v) is 19.0. The van der Waals surface area contributed by atoms with Crippen molar-refractivity contribution >= 4 is 28.6 Å². The summed E-state index contributed by atoms with van der Waals surface area (Å²) < 4.78 is 1.76. The van der Waals surface area contributed by atoms with Gasteiger partial charge in [-0.15, -0.1) is 0 Å². The monoisotopic (exact) mass is 442 g/mol. The van der Waals surface area contributed by atoms with E-state index in [9.17, 15) is 4.79 Å². The van der Waals surface area contributed by atoms with Crippen LogP contribution in [0.25, 0.3) is 22.0 Å². The molecule has 0 bridgehead atoms. The van der Waals surface area contributed by atoms with Crippen LogP contribution in [-0.2, 0) is 7.05 Å². The van der Waals surface area contributed by atoms with E-state index >= 15 is 0 Å². The van der Waals surface area contributed by atoms with Gasteiger partial charge in [0.05, 0.1) is 11.7 Å². The van der Waals surface area contributed by atoms with E-state index in [1.54, 1.807) is 16.9 Å². The molecule has 1 aliphatic rings. The van der Waals surface area contributed by atoms with Crippen molar-refractivity contribution in [2.45, 2.75) is 6.92 Å². The Morgan fingerprint density at radius 1 is 0.970 bits per heavy atom. The minimum atomic E-state index is -0.251. The van der Waals surface area contributed by atoms with Gasteiger partial charge in [-0.1, -0.05) is 12.1 Å². The van der Waals surface area contributed by atoms with Crippen LogP contribution in [0.3, 0.4) is 0 Å². The number of pyridine rings is 1. The third kappa shape index (κ3) is 4.54. The number of likely N-dealkylation sites (N-methyl/N-ethyl adjacent to an activating group) is 1. The number of carbonyl (C=O) groups is 1. The molecule has 1 fully saturated rings. The first kappa shape index (κ1) is 21.0. The average molecular weight is 443 g/mol. The highest BCUT2D eigenvalue weighted by molar-refractivity contribution is 6.04. The molecular weight excluding hydrogens is 416 g/mol. The van der Waals surface area contributed by atoms with Crippen molar-refractivity contribution in [2.75, 3.05) is 43.4 Å². The summed E-state index contributed by atoms with van der Waals surface area (Å²) in [6.45, 7) is 5.64. The summed E-state index contributed by atoms with van der Waals surface area (Å²) in [5.74, 6) is 0.846. The smallest absolute Gasteiger partial charge is 0.258 e. The van der Waals surface area contributed by atoms with Crippen LogP contribution >= 0.6 is 0 Å². The lowest BCUT2D eigenvalue weighted by Crippen LogP contribution is -2.44. The van der Waals surface area contributed by atoms with Gasteiger partial charge in [-0.2, -0.15) is 5.10 Å². The number of hydrogen-bond donors (Lipinski definition) is 1. The molecule has 0 unspecified atom stereocenters. The molecule has 1 amide bonds. The van der Waals surface area contributed by atoms with E-state index in [1.807, 2.05) is 50.6 Å². The maximum Gasteiger partial charge on any atom is 0.258 e. The number of fused-ring (bicyclic) bond motifs is 1. The van der Waals surface area contributed by atoms with Gasteiger partial charge in [0.25, 0.3) is 5.91 Å². The van der Waals surface area contributed by atoms with Crippen LogP contribution in [0, 0.1) is 6.92 Å². The van der Waals surface area contributed by atoms with Gasteiger partial charge in [-0.25, -0.2) is 15.0 Å². The molecule has 9 nitrogen and oxygen atoms in total. The lowest BCUT2D eigenvalue weighted by molar-refractivity contribution is 0.102. The van der Waals surface area contributed by atoms with E-state index in [0.717, 1.165) is 59.7 Å². The van der Waals surface area contributed by atoms with E-state index in [4.69, 9.17) is 0 Å². The zero-order chi connectivity index (χ0) is 22.9. The number of anilines is 2. The van der Waals surface area contributed by atoms with Gasteiger partial charge < -0.3 is 9.80 Å². The van der Waals surface area contributed by atoms with Crippen LogP contribution in [0.15, 0.2) is 48.9 Å². The highest BCUT2D eigenvalue weighted by Crippen LogP contribution is 2.24. The van der Waals surface area contributed by atoms with Crippen LogP contribution < -0.4 is 10.2 Å². The van der Waals surface area contributed by atoms with E-state index in [0.29, 0.717) is 5.56 Å². The fourth-order valence-corrected chi connectivity index (χ4v) is 3.99. The van der Waals surface area contributed by atoms with Gasteiger partial charge >= 0.3 is 0 Å². The van der Waals surface area contributed by atoms with Gasteiger partial charge in [0.2, 0.25) is 5.95 Å². The number of amides is 1. The number of aromatic nitrogens is 5. The molecule has 1 aromatic carbocycles. The third-order valence-electron chi connectivity index (χ3n) is 5.88. The first-order chi connectivity index (χ1) is 15.9. The molecule has 1 aliphatic heterocycles. The predicted octanol–water partition coefficient (Wildman–Crippen LogP) is 2.74. The Kier molecular flexibility index (Phi) is 5.47. The van der Waals surface area contributed by atoms with Crippen LogP contribution in [-0.4, -0.2) is 68.8 Å². The highest BCUT2D eigenvalue weighted by atomic mass is 16.1. The molecule has 33 heavy (non-hydrogen) atoms. The number of aryl methyl sites for hydroxylation is 2. The van der Waals surface area contributed by atoms with E-state index in [-0.39, 0.29) is 11.9 Å². The number of benzene rings is 1. The molecule has 4 aromatic rings. The second-order valence-electron chi connectivity index (χ2n) is 8.47. The van der Waals surface area contributed by atoms with Crippen molar-refractivity contribution in [1.82, 2.24) is 29.6 Å². The van der Waals surface area contributed by atoms with Gasteiger partial charge in [0.1, 0.15) is 5.82 Å². The maximum atomic E-state index is 13.0. The second kappa shape index (κ2) is 8.59. The summed E-state index contributed by atoms with van der Waals surface area (Å²) in [4.78, 5) is 31.1. The van der Waals surface area contributed by atoms with Gasteiger partial charge in [-0.05, 0) is 37.7 Å². The normalized spacial score (nSPS) is 14.6. The van der Waals surface area contributed by atoms with Gasteiger partial charge in [-0.3, -0.25) is 14.8 Å². The largest absolute Gasteiger partial charge is 0.354 e. The molecule has 0 radical (unpaired) electrons. The molecule has 4 heterocycles. The van der Waals surface area contributed by atoms with Crippen LogP contribution in [0.4, 0.5) is 11.8 Å². The van der Waals surface area contributed by atoms with Crippen molar-refractivity contribution in [3.8, 4) is 11.1 Å². The summed E-state index contributed by atoms with van der Waals surface area (Å²) in [5, 5.41) is 7.98. The maximum absolute atomic E-state index is 13.0. The van der Waals surface area contributed by atoms with Gasteiger partial charge in [0.15, 0.2) is 0 Å². The lowest BCUT2D eigenvalue weighted by Gasteiger charge is -2.33. The Morgan fingerprint density at radius 3 is 2.55 bits per heavy atom. The highest BCUT2D eigenvalue weighted by Gasteiger charge is 2.18. The SMILES string of the molecule is Cc1cc(C(=O)Nc2ncc3ccc(-c4cnn(C)c4)cc3n2)cc(N2CCN(C)CC2)n1. The molecule has 5 rings (SSSR count). The Morgan fingerprint density at radius 2 is 1.79 bits per heavy atom. The minimum Gasteiger partial charge on any atom is -0.354 e. The van der Waals surface area contributed by atoms with Crippen LogP contribution in [0.5, 0.6) is 0 Å². The fourth-order valence-electron chi connectivity index (χ4n) is 3.99. The minimum absolute atomic E-state index is 0.251. The number of carbonyl (C=O) groups excluding carboxylic acids is 1. The molecule has 9 heteroatoms. The molecule has 0 aliphatic carbocycles. The summed E-state index contributed by atoms with van der Waals surface area (Å²) in [7, 11) is 4.00. The molecule has 3 aromatic heterocycles. The number of piperazine rings is 1. The first-order valence-corrected chi connectivity index (χ1v) is 10.9. The van der Waals surface area contributed by atoms with Crippen molar-refractivity contribution in [1.29, 1.82) is 0 Å². The predicted molar refractivity (Wildman–Crippen MR) is 128 cm³/mol. The molecule has 1 saturated heterocycles. The summed E-state index contributed by atoms with van der Waals surface area (Å²) in [5.41, 5.74) is 4.12. The third-order valence-corrected chi connectivity index (χ3v) is 5.88. The fraction of sp³-hybridized carbons (Fsp3) is 0.292. The number of hydrogen-bond acceptors (Lipinski definition) is 7. The van der Waals surface area contributed by atoms with E-state index < -0.39 is 0 Å². The number of rotatable bonds is 4. The Bertz CT molecular complexity index is 1320.